The van der Waals surface area contributed by atoms with E-state index in [9.17, 15) is 4.79 Å². The first-order valence-corrected chi connectivity index (χ1v) is 8.37. The molecule has 0 aliphatic carbocycles. The molecule has 0 heterocycles. The average molecular weight is 351 g/mol. The lowest BCUT2D eigenvalue weighted by molar-refractivity contribution is -0.116. The van der Waals surface area contributed by atoms with Crippen LogP contribution in [0.5, 0.6) is 0 Å². The van der Waals surface area contributed by atoms with Crippen LogP contribution >= 0.6 is 23.2 Å². The van der Waals surface area contributed by atoms with Gasteiger partial charge in [0, 0.05) is 5.69 Å². The highest BCUT2D eigenvalue weighted by molar-refractivity contribution is 6.39. The van der Waals surface area contributed by atoms with Gasteiger partial charge in [0.25, 0.3) is 0 Å². The summed E-state index contributed by atoms with van der Waals surface area (Å²) < 4.78 is 0. The maximum Gasteiger partial charge on any atom is 0.246 e. The summed E-state index contributed by atoms with van der Waals surface area (Å²) in [5.74, 6) is -0.197. The number of benzene rings is 2. The zero-order valence-electron chi connectivity index (χ0n) is 13.2. The van der Waals surface area contributed by atoms with E-state index in [1.165, 1.54) is 5.56 Å². The lowest BCUT2D eigenvalue weighted by Gasteiger charge is -2.17. The highest BCUT2D eigenvalue weighted by atomic mass is 35.5. The number of hydrogen-bond donors (Lipinski definition) is 2. The predicted molar refractivity (Wildman–Crippen MR) is 98.6 cm³/mol. The Morgan fingerprint density at radius 2 is 1.70 bits per heavy atom. The van der Waals surface area contributed by atoms with Gasteiger partial charge in [-0.3, -0.25) is 4.79 Å². The van der Waals surface area contributed by atoms with Crippen LogP contribution in [0.25, 0.3) is 0 Å². The molecule has 122 valence electrons. The molecule has 0 radical (unpaired) electrons. The number of aryl methyl sites for hydroxylation is 1. The second kappa shape index (κ2) is 8.23. The highest BCUT2D eigenvalue weighted by Crippen LogP contribution is 2.29. The number of rotatable bonds is 6. The van der Waals surface area contributed by atoms with Crippen molar-refractivity contribution in [3.63, 3.8) is 0 Å². The number of nitrogens with one attached hydrogen (secondary N) is 2. The Morgan fingerprint density at radius 3 is 2.26 bits per heavy atom. The van der Waals surface area contributed by atoms with Crippen molar-refractivity contribution in [2.75, 3.05) is 10.6 Å². The zero-order chi connectivity index (χ0) is 16.8. The summed E-state index contributed by atoms with van der Waals surface area (Å²) in [5.41, 5.74) is 2.63. The van der Waals surface area contributed by atoms with Crippen LogP contribution in [0.1, 0.15) is 25.8 Å². The Labute approximate surface area is 147 Å². The van der Waals surface area contributed by atoms with Crippen LogP contribution in [0.15, 0.2) is 42.5 Å². The molecule has 5 heteroatoms. The van der Waals surface area contributed by atoms with E-state index in [1.54, 1.807) is 25.1 Å². The third-order valence-corrected chi connectivity index (χ3v) is 4.11. The average Bonchev–Trinajstić information content (AvgIpc) is 2.53. The van der Waals surface area contributed by atoms with E-state index in [-0.39, 0.29) is 5.91 Å². The van der Waals surface area contributed by atoms with Gasteiger partial charge in [-0.2, -0.15) is 0 Å². The fraction of sp³-hybridized carbons (Fsp3) is 0.278. The first kappa shape index (κ1) is 17.6. The van der Waals surface area contributed by atoms with E-state index in [4.69, 9.17) is 23.2 Å². The van der Waals surface area contributed by atoms with Gasteiger partial charge in [-0.1, -0.05) is 54.7 Å². The number of carbonyl (C=O) groups excluding carboxylic acids is 1. The molecule has 0 spiro atoms. The molecule has 2 aromatic carbocycles. The van der Waals surface area contributed by atoms with Crippen LogP contribution < -0.4 is 10.6 Å². The first-order chi connectivity index (χ1) is 11.0. The third-order valence-electron chi connectivity index (χ3n) is 3.48. The van der Waals surface area contributed by atoms with Crippen LogP contribution in [0.3, 0.4) is 0 Å². The van der Waals surface area contributed by atoms with Gasteiger partial charge >= 0.3 is 0 Å². The topological polar surface area (TPSA) is 41.1 Å². The minimum Gasteiger partial charge on any atom is -0.374 e. The van der Waals surface area contributed by atoms with Gasteiger partial charge in [-0.25, -0.2) is 0 Å². The summed E-state index contributed by atoms with van der Waals surface area (Å²) in [6.45, 7) is 3.94. The molecule has 0 fully saturated rings. The van der Waals surface area contributed by atoms with E-state index in [1.807, 2.05) is 12.1 Å². The zero-order valence-corrected chi connectivity index (χ0v) is 14.7. The van der Waals surface area contributed by atoms with Gasteiger partial charge in [0.2, 0.25) is 5.91 Å². The fourth-order valence-electron chi connectivity index (χ4n) is 2.22. The highest BCUT2D eigenvalue weighted by Gasteiger charge is 2.15. The quantitative estimate of drug-likeness (QED) is 0.733. The SMILES string of the molecule is CCCc1ccc(NC(C)C(=O)Nc2c(Cl)cccc2Cl)cc1. The smallest absolute Gasteiger partial charge is 0.246 e. The van der Waals surface area contributed by atoms with Gasteiger partial charge < -0.3 is 10.6 Å². The molecule has 3 nitrogen and oxygen atoms in total. The molecule has 1 unspecified atom stereocenters. The van der Waals surface area contributed by atoms with Crippen LogP contribution in [-0.4, -0.2) is 11.9 Å². The molecule has 0 bridgehead atoms. The maximum atomic E-state index is 12.3. The van der Waals surface area contributed by atoms with Gasteiger partial charge in [-0.15, -0.1) is 0 Å². The predicted octanol–water partition coefficient (Wildman–Crippen LogP) is 5.39. The molecular weight excluding hydrogens is 331 g/mol. The molecule has 0 aliphatic rings. The normalized spacial score (nSPS) is 11.8. The van der Waals surface area contributed by atoms with Crippen molar-refractivity contribution in [3.05, 3.63) is 58.1 Å². The minimum absolute atomic E-state index is 0.197. The Hall–Kier alpha value is -1.71. The van der Waals surface area contributed by atoms with Crippen molar-refractivity contribution in [1.29, 1.82) is 0 Å². The Bertz CT molecular complexity index is 651. The number of halogens is 2. The Kier molecular flexibility index (Phi) is 6.31. The monoisotopic (exact) mass is 350 g/mol. The summed E-state index contributed by atoms with van der Waals surface area (Å²) >= 11 is 12.1. The summed E-state index contributed by atoms with van der Waals surface area (Å²) in [6, 6.07) is 12.8. The molecule has 2 N–H and O–H groups in total. The molecule has 0 aromatic heterocycles. The van der Waals surface area contributed by atoms with E-state index >= 15 is 0 Å². The second-order valence-corrected chi connectivity index (χ2v) is 6.21. The van der Waals surface area contributed by atoms with Crippen molar-refractivity contribution in [2.24, 2.45) is 0 Å². The van der Waals surface area contributed by atoms with Crippen LogP contribution in [0, 0.1) is 0 Å². The van der Waals surface area contributed by atoms with Crippen molar-refractivity contribution >= 4 is 40.5 Å². The number of carbonyl (C=O) groups is 1. The number of anilines is 2. The van der Waals surface area contributed by atoms with E-state index in [0.29, 0.717) is 15.7 Å². The molecule has 23 heavy (non-hydrogen) atoms. The van der Waals surface area contributed by atoms with Gasteiger partial charge in [-0.05, 0) is 43.2 Å². The van der Waals surface area contributed by atoms with Crippen molar-refractivity contribution in [2.45, 2.75) is 32.7 Å². The summed E-state index contributed by atoms with van der Waals surface area (Å²) in [4.78, 5) is 12.3. The van der Waals surface area contributed by atoms with Gasteiger partial charge in [0.15, 0.2) is 0 Å². The van der Waals surface area contributed by atoms with Crippen LogP contribution in [0.2, 0.25) is 10.0 Å². The fourth-order valence-corrected chi connectivity index (χ4v) is 2.71. The Morgan fingerprint density at radius 1 is 1.09 bits per heavy atom. The third kappa shape index (κ3) is 4.88. The number of hydrogen-bond acceptors (Lipinski definition) is 2. The van der Waals surface area contributed by atoms with Crippen LogP contribution in [-0.2, 0) is 11.2 Å². The maximum absolute atomic E-state index is 12.3. The molecule has 1 atom stereocenters. The summed E-state index contributed by atoms with van der Waals surface area (Å²) in [5, 5.41) is 6.77. The summed E-state index contributed by atoms with van der Waals surface area (Å²) in [7, 11) is 0. The van der Waals surface area contributed by atoms with Gasteiger partial charge in [0.05, 0.1) is 15.7 Å². The first-order valence-electron chi connectivity index (χ1n) is 7.61. The molecule has 0 saturated carbocycles. The molecule has 0 saturated heterocycles. The lowest BCUT2D eigenvalue weighted by atomic mass is 10.1. The van der Waals surface area contributed by atoms with E-state index in [0.717, 1.165) is 18.5 Å². The summed E-state index contributed by atoms with van der Waals surface area (Å²) in [6.07, 6.45) is 2.17. The molecular formula is C18H20Cl2N2O. The lowest BCUT2D eigenvalue weighted by Crippen LogP contribution is -2.32. The van der Waals surface area contributed by atoms with Crippen molar-refractivity contribution < 1.29 is 4.79 Å². The van der Waals surface area contributed by atoms with Crippen molar-refractivity contribution in [1.82, 2.24) is 0 Å². The van der Waals surface area contributed by atoms with Crippen molar-refractivity contribution in [3.8, 4) is 0 Å². The molecule has 2 rings (SSSR count). The van der Waals surface area contributed by atoms with Gasteiger partial charge in [0.1, 0.15) is 6.04 Å². The number of amides is 1. The van der Waals surface area contributed by atoms with E-state index in [2.05, 4.69) is 29.7 Å². The minimum atomic E-state index is -0.417. The largest absolute Gasteiger partial charge is 0.374 e. The standard InChI is InChI=1S/C18H20Cl2N2O/c1-3-5-13-8-10-14(11-9-13)21-12(2)18(23)22-17-15(19)6-4-7-16(17)20/h4,6-12,21H,3,5H2,1-2H3,(H,22,23). The second-order valence-electron chi connectivity index (χ2n) is 5.40. The molecule has 2 aromatic rings. The van der Waals surface area contributed by atoms with Crippen LogP contribution in [0.4, 0.5) is 11.4 Å². The Balaban J connectivity index is 1.99. The molecule has 1 amide bonds. The molecule has 0 aliphatic heterocycles. The van der Waals surface area contributed by atoms with E-state index < -0.39 is 6.04 Å². The number of para-hydroxylation sites is 1.